The van der Waals surface area contributed by atoms with Gasteiger partial charge in [-0.1, -0.05) is 12.1 Å². The lowest BCUT2D eigenvalue weighted by molar-refractivity contribution is -0.138. The Morgan fingerprint density at radius 1 is 0.855 bits per heavy atom. The maximum Gasteiger partial charge on any atom is 0.267 e. The minimum Gasteiger partial charge on any atom is -0.481 e. The van der Waals surface area contributed by atoms with Gasteiger partial charge in [-0.05, 0) is 106 Å². The zero-order valence-electron chi connectivity index (χ0n) is 31.4. The van der Waals surface area contributed by atoms with Crippen molar-refractivity contribution in [2.24, 2.45) is 0 Å². The first kappa shape index (κ1) is 35.3. The molecule has 0 spiro atoms. The molecule has 7 heterocycles. The average molecular weight is 744 g/mol. The van der Waals surface area contributed by atoms with Crippen LogP contribution in [0.3, 0.4) is 0 Å². The fourth-order valence-corrected chi connectivity index (χ4v) is 8.84. The Balaban J connectivity index is 0.740. The normalized spacial score (nSPS) is 20.9. The van der Waals surface area contributed by atoms with Crippen LogP contribution in [0.5, 0.6) is 11.6 Å². The number of ether oxygens (including phenoxy) is 2. The molecule has 3 fully saturated rings. The molecule has 13 nitrogen and oxygen atoms in total. The molecule has 286 valence electrons. The molecule has 0 saturated carbocycles. The number of hydrogen-bond acceptors (Lipinski definition) is 12. The zero-order valence-corrected chi connectivity index (χ0v) is 31.4. The molecule has 0 radical (unpaired) electrons. The van der Waals surface area contributed by atoms with Gasteiger partial charge in [-0.15, -0.1) is 0 Å². The SMILES string of the molecule is Cc1c(N2CCc3cnc(Nc4ccc(N5CCC(N6CCC(c7ccc(OC8CCC(=O)NC8=O)cc7)CC6)CC5)cc4)nc3C2)cnc2c1NCCO2. The summed E-state index contributed by atoms with van der Waals surface area (Å²) in [5.74, 6) is 1.93. The van der Waals surface area contributed by atoms with E-state index < -0.39 is 6.10 Å². The van der Waals surface area contributed by atoms with Gasteiger partial charge in [-0.25, -0.2) is 15.0 Å². The Bertz CT molecular complexity index is 2030. The van der Waals surface area contributed by atoms with Gasteiger partial charge in [0.25, 0.3) is 5.91 Å². The molecule has 1 atom stereocenters. The number of benzene rings is 2. The van der Waals surface area contributed by atoms with Crippen LogP contribution in [0.2, 0.25) is 0 Å². The lowest BCUT2D eigenvalue weighted by atomic mass is 9.88. The van der Waals surface area contributed by atoms with E-state index in [1.165, 1.54) is 29.7 Å². The Hall–Kier alpha value is -5.43. The van der Waals surface area contributed by atoms with Crippen LogP contribution < -0.4 is 35.2 Å². The second kappa shape index (κ2) is 15.4. The van der Waals surface area contributed by atoms with Gasteiger partial charge in [-0.3, -0.25) is 14.9 Å². The molecule has 9 rings (SSSR count). The van der Waals surface area contributed by atoms with Gasteiger partial charge in [0.15, 0.2) is 6.10 Å². The molecule has 2 aromatic carbocycles. The number of imide groups is 1. The molecule has 4 aromatic rings. The number of nitrogens with zero attached hydrogens (tertiary/aromatic N) is 6. The van der Waals surface area contributed by atoms with Crippen molar-refractivity contribution in [2.75, 3.05) is 66.3 Å². The summed E-state index contributed by atoms with van der Waals surface area (Å²) in [6.45, 7) is 9.50. The van der Waals surface area contributed by atoms with Crippen molar-refractivity contribution < 1.29 is 19.1 Å². The van der Waals surface area contributed by atoms with Gasteiger partial charge in [-0.2, -0.15) is 0 Å². The number of piperidine rings is 3. The number of hydrogen-bond donors (Lipinski definition) is 3. The topological polar surface area (TPSA) is 137 Å². The van der Waals surface area contributed by atoms with Gasteiger partial charge >= 0.3 is 0 Å². The number of nitrogens with one attached hydrogen (secondary N) is 3. The Labute approximate surface area is 321 Å². The second-order valence-electron chi connectivity index (χ2n) is 15.4. The summed E-state index contributed by atoms with van der Waals surface area (Å²) >= 11 is 0. The zero-order chi connectivity index (χ0) is 37.3. The fourth-order valence-electron chi connectivity index (χ4n) is 8.84. The Kier molecular flexibility index (Phi) is 9.86. The van der Waals surface area contributed by atoms with Crippen molar-refractivity contribution >= 4 is 40.5 Å². The maximum atomic E-state index is 12.1. The van der Waals surface area contributed by atoms with Crippen LogP contribution in [0.15, 0.2) is 60.9 Å². The predicted octanol–water partition coefficient (Wildman–Crippen LogP) is 5.32. The molecule has 5 aliphatic rings. The summed E-state index contributed by atoms with van der Waals surface area (Å²) in [4.78, 5) is 45.3. The molecule has 0 bridgehead atoms. The number of fused-ring (bicyclic) bond motifs is 2. The van der Waals surface area contributed by atoms with Crippen molar-refractivity contribution in [1.29, 1.82) is 0 Å². The molecule has 55 heavy (non-hydrogen) atoms. The molecule has 2 amide bonds. The highest BCUT2D eigenvalue weighted by Gasteiger charge is 2.31. The molecule has 3 N–H and O–H groups in total. The van der Waals surface area contributed by atoms with Crippen molar-refractivity contribution in [2.45, 2.75) is 76.5 Å². The number of amides is 2. The van der Waals surface area contributed by atoms with Crippen LogP contribution in [0.4, 0.5) is 28.7 Å². The van der Waals surface area contributed by atoms with E-state index in [2.05, 4.69) is 83.9 Å². The van der Waals surface area contributed by atoms with Crippen LogP contribution in [0.25, 0.3) is 0 Å². The number of aromatic nitrogens is 3. The molecular formula is C42H49N9O4. The number of carbonyl (C=O) groups is 2. The first-order chi connectivity index (χ1) is 26.9. The van der Waals surface area contributed by atoms with Gasteiger partial charge in [0.1, 0.15) is 18.0 Å². The van der Waals surface area contributed by atoms with E-state index in [0.29, 0.717) is 55.5 Å². The van der Waals surface area contributed by atoms with E-state index in [1.54, 1.807) is 0 Å². The van der Waals surface area contributed by atoms with E-state index >= 15 is 0 Å². The van der Waals surface area contributed by atoms with Crippen LogP contribution >= 0.6 is 0 Å². The van der Waals surface area contributed by atoms with Crippen molar-refractivity contribution in [3.63, 3.8) is 0 Å². The summed E-state index contributed by atoms with van der Waals surface area (Å²) in [5.41, 5.74) is 9.06. The summed E-state index contributed by atoms with van der Waals surface area (Å²) < 4.78 is 11.6. The van der Waals surface area contributed by atoms with E-state index in [4.69, 9.17) is 14.5 Å². The number of likely N-dealkylation sites (tertiary alicyclic amines) is 1. The molecule has 3 saturated heterocycles. The smallest absolute Gasteiger partial charge is 0.267 e. The standard InChI is InChI=1S/C42H49N9O4/c1-27-36(25-44-41-39(27)43-17-23-54-41)51-20-14-30-24-45-42(47-35(30)26-51)46-31-4-6-32(7-5-31)50-21-15-33(16-22-50)49-18-12-29(13-19-49)28-2-8-34(9-3-28)55-37-10-11-38(52)48-40(37)53/h2-9,24-25,29,33,37,43H,10-23,26H2,1H3,(H,45,46,47)(H,48,52,53). The van der Waals surface area contributed by atoms with Gasteiger partial charge in [0.2, 0.25) is 17.7 Å². The first-order valence-electron chi connectivity index (χ1n) is 19.9. The number of anilines is 5. The molecule has 1 unspecified atom stereocenters. The first-order valence-corrected chi connectivity index (χ1v) is 19.9. The molecule has 13 heteroatoms. The third kappa shape index (κ3) is 7.62. The van der Waals surface area contributed by atoms with Crippen LogP contribution in [-0.4, -0.2) is 89.7 Å². The summed E-state index contributed by atoms with van der Waals surface area (Å²) in [6.07, 6.45) is 9.55. The monoisotopic (exact) mass is 743 g/mol. The number of pyridine rings is 1. The van der Waals surface area contributed by atoms with E-state index in [0.717, 1.165) is 86.9 Å². The van der Waals surface area contributed by atoms with Crippen molar-refractivity contribution in [1.82, 2.24) is 25.2 Å². The summed E-state index contributed by atoms with van der Waals surface area (Å²) in [6, 6.07) is 17.5. The van der Waals surface area contributed by atoms with E-state index in [1.807, 2.05) is 24.5 Å². The van der Waals surface area contributed by atoms with E-state index in [9.17, 15) is 9.59 Å². The molecule has 0 aliphatic carbocycles. The van der Waals surface area contributed by atoms with Gasteiger partial charge in [0.05, 0.1) is 24.1 Å². The third-order valence-electron chi connectivity index (χ3n) is 12.0. The molecular weight excluding hydrogens is 695 g/mol. The minimum atomic E-state index is -0.604. The van der Waals surface area contributed by atoms with Crippen LogP contribution in [0.1, 0.15) is 66.8 Å². The molecule has 2 aromatic heterocycles. The number of rotatable bonds is 8. The highest BCUT2D eigenvalue weighted by Crippen LogP contribution is 2.37. The van der Waals surface area contributed by atoms with Crippen molar-refractivity contribution in [3.05, 3.63) is 83.3 Å². The van der Waals surface area contributed by atoms with E-state index in [-0.39, 0.29) is 11.8 Å². The maximum absolute atomic E-state index is 12.1. The molecule has 5 aliphatic heterocycles. The third-order valence-corrected chi connectivity index (χ3v) is 12.0. The van der Waals surface area contributed by atoms with Gasteiger partial charge in [0, 0.05) is 68.2 Å². The largest absolute Gasteiger partial charge is 0.481 e. The average Bonchev–Trinajstić information content (AvgIpc) is 3.23. The quantitative estimate of drug-likeness (QED) is 0.202. The van der Waals surface area contributed by atoms with Crippen LogP contribution in [0, 0.1) is 6.92 Å². The number of carbonyl (C=O) groups excluding carboxylic acids is 2. The highest BCUT2D eigenvalue weighted by atomic mass is 16.5. The van der Waals surface area contributed by atoms with Crippen LogP contribution in [-0.2, 0) is 22.6 Å². The fraction of sp³-hybridized carbons (Fsp3) is 0.452. The van der Waals surface area contributed by atoms with Crippen molar-refractivity contribution in [3.8, 4) is 11.6 Å². The van der Waals surface area contributed by atoms with Gasteiger partial charge < -0.3 is 34.8 Å². The lowest BCUT2D eigenvalue weighted by Crippen LogP contribution is -2.47. The summed E-state index contributed by atoms with van der Waals surface area (Å²) in [7, 11) is 0. The Morgan fingerprint density at radius 2 is 1.65 bits per heavy atom. The highest BCUT2D eigenvalue weighted by molar-refractivity contribution is 5.99. The lowest BCUT2D eigenvalue weighted by Gasteiger charge is -2.42. The predicted molar refractivity (Wildman–Crippen MR) is 211 cm³/mol. The second-order valence-corrected chi connectivity index (χ2v) is 15.4. The Morgan fingerprint density at radius 3 is 2.44 bits per heavy atom. The summed E-state index contributed by atoms with van der Waals surface area (Å²) in [5, 5.41) is 9.26. The minimum absolute atomic E-state index is 0.230.